The Morgan fingerprint density at radius 2 is 2.00 bits per heavy atom. The van der Waals surface area contributed by atoms with Crippen LogP contribution in [0.3, 0.4) is 0 Å². The van der Waals surface area contributed by atoms with Gasteiger partial charge in [0.05, 0.1) is 11.7 Å². The van der Waals surface area contributed by atoms with E-state index in [1.807, 2.05) is 0 Å². The number of phenolic OH excluding ortho intramolecular Hbond substituents is 1. The van der Waals surface area contributed by atoms with Gasteiger partial charge in [-0.25, -0.2) is 0 Å². The first-order valence-electron chi connectivity index (χ1n) is 7.13. The second-order valence-electron chi connectivity index (χ2n) is 5.20. The summed E-state index contributed by atoms with van der Waals surface area (Å²) >= 11 is 0. The smallest absolute Gasteiger partial charge is 0.255 e. The van der Waals surface area contributed by atoms with E-state index in [0.717, 1.165) is 38.9 Å². The van der Waals surface area contributed by atoms with Gasteiger partial charge in [0.25, 0.3) is 5.91 Å². The third-order valence-electron chi connectivity index (χ3n) is 3.64. The Morgan fingerprint density at radius 1 is 1.30 bits per heavy atom. The van der Waals surface area contributed by atoms with Gasteiger partial charge in [0.2, 0.25) is 0 Å². The number of piperidine rings is 1. The van der Waals surface area contributed by atoms with E-state index >= 15 is 0 Å². The topological polar surface area (TPSA) is 72.8 Å². The monoisotopic (exact) mass is 278 g/mol. The largest absolute Gasteiger partial charge is 0.507 e. The summed E-state index contributed by atoms with van der Waals surface area (Å²) in [6.07, 6.45) is 2.40. The molecule has 5 nitrogen and oxygen atoms in total. The molecule has 0 radical (unpaired) electrons. The number of carbonyl (C=O) groups is 1. The van der Waals surface area contributed by atoms with Crippen molar-refractivity contribution in [2.45, 2.75) is 25.4 Å². The fraction of sp³-hybridized carbons (Fsp3) is 0.533. The first-order valence-corrected chi connectivity index (χ1v) is 7.13. The summed E-state index contributed by atoms with van der Waals surface area (Å²) < 4.78 is 0. The summed E-state index contributed by atoms with van der Waals surface area (Å²) in [6.45, 7) is 3.36. The molecule has 0 spiro atoms. The summed E-state index contributed by atoms with van der Waals surface area (Å²) in [5.74, 6) is -0.229. The summed E-state index contributed by atoms with van der Waals surface area (Å²) in [6, 6.07) is 6.54. The predicted molar refractivity (Wildman–Crippen MR) is 76.7 cm³/mol. The lowest BCUT2D eigenvalue weighted by molar-refractivity contribution is 0.0816. The zero-order chi connectivity index (χ0) is 14.4. The fourth-order valence-corrected chi connectivity index (χ4v) is 2.41. The quantitative estimate of drug-likeness (QED) is 0.702. The molecule has 2 rings (SSSR count). The van der Waals surface area contributed by atoms with Crippen molar-refractivity contribution < 1.29 is 15.0 Å². The number of benzene rings is 1. The lowest BCUT2D eigenvalue weighted by atomic mass is 10.1. The van der Waals surface area contributed by atoms with Crippen molar-refractivity contribution in [3.8, 4) is 5.75 Å². The van der Waals surface area contributed by atoms with E-state index in [0.29, 0.717) is 12.1 Å². The second-order valence-corrected chi connectivity index (χ2v) is 5.20. The minimum atomic E-state index is -0.239. The van der Waals surface area contributed by atoms with Crippen molar-refractivity contribution in [2.75, 3.05) is 26.2 Å². The molecule has 1 fully saturated rings. The molecule has 1 heterocycles. The van der Waals surface area contributed by atoms with Crippen LogP contribution in [-0.2, 0) is 0 Å². The molecule has 110 valence electrons. The van der Waals surface area contributed by atoms with Gasteiger partial charge in [0, 0.05) is 19.6 Å². The number of carbonyl (C=O) groups excluding carboxylic acids is 1. The Labute approximate surface area is 119 Å². The van der Waals surface area contributed by atoms with Gasteiger partial charge in [-0.05, 0) is 37.9 Å². The van der Waals surface area contributed by atoms with Gasteiger partial charge in [-0.1, -0.05) is 12.1 Å². The van der Waals surface area contributed by atoms with E-state index in [2.05, 4.69) is 10.2 Å². The van der Waals surface area contributed by atoms with Crippen LogP contribution in [0.1, 0.15) is 29.6 Å². The summed E-state index contributed by atoms with van der Waals surface area (Å²) in [7, 11) is 0. The lowest BCUT2D eigenvalue weighted by Crippen LogP contribution is -2.37. The zero-order valence-electron chi connectivity index (χ0n) is 11.6. The van der Waals surface area contributed by atoms with Crippen LogP contribution in [-0.4, -0.2) is 53.3 Å². The van der Waals surface area contributed by atoms with E-state index in [-0.39, 0.29) is 17.8 Å². The molecule has 0 saturated carbocycles. The third kappa shape index (κ3) is 4.21. The number of aliphatic hydroxyl groups excluding tert-OH is 1. The number of aliphatic hydroxyl groups is 1. The minimum Gasteiger partial charge on any atom is -0.507 e. The molecule has 1 aromatic rings. The summed E-state index contributed by atoms with van der Waals surface area (Å²) in [5, 5.41) is 21.8. The Hall–Kier alpha value is -1.59. The normalized spacial score (nSPS) is 17.1. The van der Waals surface area contributed by atoms with E-state index in [4.69, 9.17) is 0 Å². The zero-order valence-corrected chi connectivity index (χ0v) is 11.6. The molecule has 1 aliphatic rings. The lowest BCUT2D eigenvalue weighted by Gasteiger charge is -2.29. The van der Waals surface area contributed by atoms with E-state index in [1.165, 1.54) is 6.07 Å². The Balaban J connectivity index is 1.66. The molecule has 1 amide bonds. The van der Waals surface area contributed by atoms with Crippen molar-refractivity contribution in [1.29, 1.82) is 0 Å². The Bertz CT molecular complexity index is 442. The van der Waals surface area contributed by atoms with Crippen LogP contribution < -0.4 is 5.32 Å². The van der Waals surface area contributed by atoms with Gasteiger partial charge in [-0.15, -0.1) is 0 Å². The number of phenols is 1. The van der Waals surface area contributed by atoms with Crippen LogP contribution in [0.25, 0.3) is 0 Å². The number of aromatic hydroxyl groups is 1. The van der Waals surface area contributed by atoms with E-state index in [9.17, 15) is 15.0 Å². The highest BCUT2D eigenvalue weighted by molar-refractivity contribution is 5.96. The van der Waals surface area contributed by atoms with Gasteiger partial charge in [0.1, 0.15) is 5.75 Å². The molecule has 1 aliphatic heterocycles. The van der Waals surface area contributed by atoms with Gasteiger partial charge in [-0.2, -0.15) is 0 Å². The number of hydrogen-bond acceptors (Lipinski definition) is 4. The maximum atomic E-state index is 11.8. The number of likely N-dealkylation sites (tertiary alicyclic amines) is 1. The predicted octanol–water partition coefficient (Wildman–Crippen LogP) is 0.969. The molecule has 0 atom stereocenters. The molecular weight excluding hydrogens is 256 g/mol. The van der Waals surface area contributed by atoms with Crippen molar-refractivity contribution in [3.05, 3.63) is 29.8 Å². The standard InChI is InChI=1S/C15H22N2O3/c18-12-6-10-17(11-7-12)9-3-8-16-15(20)13-4-1-2-5-14(13)19/h1-2,4-5,12,18-19H,3,6-11H2,(H,16,20). The second kappa shape index (κ2) is 7.26. The van der Waals surface area contributed by atoms with Crippen LogP contribution in [0.15, 0.2) is 24.3 Å². The fourth-order valence-electron chi connectivity index (χ4n) is 2.41. The molecule has 0 aromatic heterocycles. The number of hydrogen-bond donors (Lipinski definition) is 3. The number of nitrogens with zero attached hydrogens (tertiary/aromatic N) is 1. The van der Waals surface area contributed by atoms with Crippen LogP contribution in [0.5, 0.6) is 5.75 Å². The molecule has 0 bridgehead atoms. The molecule has 0 aliphatic carbocycles. The molecule has 3 N–H and O–H groups in total. The average molecular weight is 278 g/mol. The van der Waals surface area contributed by atoms with Gasteiger partial charge < -0.3 is 20.4 Å². The SMILES string of the molecule is O=C(NCCCN1CCC(O)CC1)c1ccccc1O. The molecular formula is C15H22N2O3. The highest BCUT2D eigenvalue weighted by Gasteiger charge is 2.16. The number of para-hydroxylation sites is 1. The van der Waals surface area contributed by atoms with Crippen molar-refractivity contribution >= 4 is 5.91 Å². The van der Waals surface area contributed by atoms with Crippen molar-refractivity contribution in [2.24, 2.45) is 0 Å². The van der Waals surface area contributed by atoms with Crippen LogP contribution in [0.2, 0.25) is 0 Å². The number of rotatable bonds is 5. The first kappa shape index (κ1) is 14.8. The highest BCUT2D eigenvalue weighted by Crippen LogP contribution is 2.15. The molecule has 5 heteroatoms. The van der Waals surface area contributed by atoms with Crippen LogP contribution in [0.4, 0.5) is 0 Å². The summed E-state index contributed by atoms with van der Waals surface area (Å²) in [4.78, 5) is 14.1. The van der Waals surface area contributed by atoms with Gasteiger partial charge in [0.15, 0.2) is 0 Å². The molecule has 1 saturated heterocycles. The summed E-state index contributed by atoms with van der Waals surface area (Å²) in [5.41, 5.74) is 0.314. The highest BCUT2D eigenvalue weighted by atomic mass is 16.3. The first-order chi connectivity index (χ1) is 9.66. The number of amides is 1. The molecule has 1 aromatic carbocycles. The number of nitrogens with one attached hydrogen (secondary N) is 1. The molecule has 0 unspecified atom stereocenters. The Kier molecular flexibility index (Phi) is 5.38. The van der Waals surface area contributed by atoms with Crippen LogP contribution >= 0.6 is 0 Å². The van der Waals surface area contributed by atoms with Crippen molar-refractivity contribution in [3.63, 3.8) is 0 Å². The van der Waals surface area contributed by atoms with E-state index in [1.54, 1.807) is 18.2 Å². The Morgan fingerprint density at radius 3 is 2.70 bits per heavy atom. The van der Waals surface area contributed by atoms with Crippen LogP contribution in [0, 0.1) is 0 Å². The third-order valence-corrected chi connectivity index (χ3v) is 3.64. The van der Waals surface area contributed by atoms with Gasteiger partial charge >= 0.3 is 0 Å². The average Bonchev–Trinajstić information content (AvgIpc) is 2.46. The van der Waals surface area contributed by atoms with Gasteiger partial charge in [-0.3, -0.25) is 4.79 Å². The maximum absolute atomic E-state index is 11.8. The van der Waals surface area contributed by atoms with Crippen molar-refractivity contribution in [1.82, 2.24) is 10.2 Å². The van der Waals surface area contributed by atoms with E-state index < -0.39 is 0 Å². The minimum absolute atomic E-state index is 0.00928. The molecule has 20 heavy (non-hydrogen) atoms. The maximum Gasteiger partial charge on any atom is 0.255 e.